The Morgan fingerprint density at radius 3 is 2.96 bits per heavy atom. The lowest BCUT2D eigenvalue weighted by molar-refractivity contribution is -0.133. The number of carbonyl (C=O) groups excluding carboxylic acids is 1. The average Bonchev–Trinajstić information content (AvgIpc) is 3.23. The molecule has 1 aliphatic rings. The first-order chi connectivity index (χ1) is 11.1. The molecule has 6 heteroatoms. The van der Waals surface area contributed by atoms with Crippen LogP contribution in [-0.4, -0.2) is 34.1 Å². The molecule has 1 saturated carbocycles. The first kappa shape index (κ1) is 16.2. The van der Waals surface area contributed by atoms with Crippen molar-refractivity contribution in [1.29, 1.82) is 0 Å². The lowest BCUT2D eigenvalue weighted by Gasteiger charge is -2.36. The molecule has 0 aromatic carbocycles. The lowest BCUT2D eigenvalue weighted by Crippen LogP contribution is -2.42. The number of thiophene rings is 1. The molecule has 3 rings (SSSR count). The van der Waals surface area contributed by atoms with Crippen LogP contribution in [0.1, 0.15) is 44.9 Å². The van der Waals surface area contributed by atoms with Gasteiger partial charge >= 0.3 is 0 Å². The van der Waals surface area contributed by atoms with Gasteiger partial charge in [0.1, 0.15) is 0 Å². The molecular formula is C17H23N3O2S. The van der Waals surface area contributed by atoms with E-state index in [0.717, 1.165) is 12.0 Å². The fourth-order valence-electron chi connectivity index (χ4n) is 3.30. The summed E-state index contributed by atoms with van der Waals surface area (Å²) in [6, 6.07) is 2.33. The maximum Gasteiger partial charge on any atom is 0.248 e. The predicted octanol–water partition coefficient (Wildman–Crippen LogP) is 3.77. The number of hydrogen-bond donors (Lipinski definition) is 0. The van der Waals surface area contributed by atoms with Crippen LogP contribution >= 0.6 is 11.3 Å². The summed E-state index contributed by atoms with van der Waals surface area (Å²) < 4.78 is 5.64. The van der Waals surface area contributed by atoms with Gasteiger partial charge in [-0.2, -0.15) is 11.3 Å². The average molecular weight is 333 g/mol. The van der Waals surface area contributed by atoms with Crippen molar-refractivity contribution in [2.75, 3.05) is 7.05 Å². The topological polar surface area (TPSA) is 59.2 Å². The zero-order valence-corrected chi connectivity index (χ0v) is 14.5. The molecule has 0 unspecified atom stereocenters. The predicted molar refractivity (Wildman–Crippen MR) is 90.1 cm³/mol. The Bertz CT molecular complexity index is 638. The van der Waals surface area contributed by atoms with Crippen LogP contribution in [0.15, 0.2) is 21.2 Å². The number of hydrogen-bond acceptors (Lipinski definition) is 5. The van der Waals surface area contributed by atoms with Crippen LogP contribution in [0.25, 0.3) is 11.5 Å². The largest absolute Gasteiger partial charge is 0.421 e. The van der Waals surface area contributed by atoms with E-state index in [-0.39, 0.29) is 5.91 Å². The van der Waals surface area contributed by atoms with Gasteiger partial charge in [-0.1, -0.05) is 19.8 Å². The molecule has 0 saturated heterocycles. The molecule has 1 fully saturated rings. The molecule has 0 spiro atoms. The molecule has 1 amide bonds. The van der Waals surface area contributed by atoms with Gasteiger partial charge in [-0.3, -0.25) is 4.79 Å². The molecule has 5 nitrogen and oxygen atoms in total. The van der Waals surface area contributed by atoms with Crippen LogP contribution in [0, 0.1) is 5.92 Å². The Balaban J connectivity index is 1.54. The van der Waals surface area contributed by atoms with Crippen LogP contribution in [0.5, 0.6) is 0 Å². The smallest absolute Gasteiger partial charge is 0.248 e. The van der Waals surface area contributed by atoms with Gasteiger partial charge in [0.15, 0.2) is 0 Å². The summed E-state index contributed by atoms with van der Waals surface area (Å²) in [6.07, 6.45) is 5.77. The van der Waals surface area contributed by atoms with E-state index in [4.69, 9.17) is 4.42 Å². The van der Waals surface area contributed by atoms with E-state index in [0.29, 0.717) is 36.6 Å². The van der Waals surface area contributed by atoms with Crippen LogP contribution in [0.3, 0.4) is 0 Å². The van der Waals surface area contributed by atoms with E-state index in [9.17, 15) is 4.79 Å². The monoisotopic (exact) mass is 333 g/mol. The van der Waals surface area contributed by atoms with Gasteiger partial charge in [-0.25, -0.2) is 0 Å². The molecule has 0 aliphatic heterocycles. The van der Waals surface area contributed by atoms with E-state index in [2.05, 4.69) is 17.1 Å². The second-order valence-corrected chi connectivity index (χ2v) is 7.13. The fourth-order valence-corrected chi connectivity index (χ4v) is 3.93. The van der Waals surface area contributed by atoms with Gasteiger partial charge in [0.2, 0.25) is 17.7 Å². The third-order valence-corrected chi connectivity index (χ3v) is 5.43. The summed E-state index contributed by atoms with van der Waals surface area (Å²) in [6.45, 7) is 2.25. The standard InChI is InChI=1S/C17H23N3O2S/c1-12-5-3-4-6-14(12)20(2)16(21)8-7-15-18-19-17(22-15)13-9-10-23-11-13/h9-12,14H,3-8H2,1-2H3/t12-,14-/m1/s1. The van der Waals surface area contributed by atoms with Crippen LogP contribution < -0.4 is 0 Å². The number of amides is 1. The number of rotatable bonds is 5. The minimum absolute atomic E-state index is 0.166. The highest BCUT2D eigenvalue weighted by Gasteiger charge is 2.27. The van der Waals surface area contributed by atoms with E-state index in [1.807, 2.05) is 28.8 Å². The molecule has 2 heterocycles. The molecule has 2 aromatic rings. The molecule has 2 atom stereocenters. The van der Waals surface area contributed by atoms with Crippen molar-refractivity contribution in [3.8, 4) is 11.5 Å². The van der Waals surface area contributed by atoms with Crippen molar-refractivity contribution in [2.24, 2.45) is 5.92 Å². The minimum Gasteiger partial charge on any atom is -0.421 e. The fraction of sp³-hybridized carbons (Fsp3) is 0.588. The highest BCUT2D eigenvalue weighted by atomic mass is 32.1. The number of aryl methyl sites for hydroxylation is 1. The van der Waals surface area contributed by atoms with E-state index in [1.165, 1.54) is 19.3 Å². The minimum atomic E-state index is 0.166. The molecule has 1 aliphatic carbocycles. The first-order valence-electron chi connectivity index (χ1n) is 8.25. The molecule has 0 bridgehead atoms. The van der Waals surface area contributed by atoms with Crippen molar-refractivity contribution in [3.05, 3.63) is 22.7 Å². The van der Waals surface area contributed by atoms with Crippen molar-refractivity contribution >= 4 is 17.2 Å². The summed E-state index contributed by atoms with van der Waals surface area (Å²) in [5, 5.41) is 12.0. The summed E-state index contributed by atoms with van der Waals surface area (Å²) in [7, 11) is 1.93. The van der Waals surface area contributed by atoms with Gasteiger partial charge in [0, 0.05) is 36.9 Å². The van der Waals surface area contributed by atoms with Crippen molar-refractivity contribution in [1.82, 2.24) is 15.1 Å². The summed E-state index contributed by atoms with van der Waals surface area (Å²) >= 11 is 1.59. The summed E-state index contributed by atoms with van der Waals surface area (Å²) in [5.74, 6) is 1.82. The van der Waals surface area contributed by atoms with Gasteiger partial charge in [-0.05, 0) is 30.2 Å². The molecule has 23 heavy (non-hydrogen) atoms. The second kappa shape index (κ2) is 7.25. The highest BCUT2D eigenvalue weighted by Crippen LogP contribution is 2.28. The van der Waals surface area contributed by atoms with Gasteiger partial charge in [-0.15, -0.1) is 10.2 Å². The van der Waals surface area contributed by atoms with Crippen LogP contribution in [0.2, 0.25) is 0 Å². The maximum absolute atomic E-state index is 12.4. The lowest BCUT2D eigenvalue weighted by atomic mass is 9.85. The van der Waals surface area contributed by atoms with Crippen molar-refractivity contribution in [3.63, 3.8) is 0 Å². The third-order valence-electron chi connectivity index (χ3n) is 4.74. The van der Waals surface area contributed by atoms with Gasteiger partial charge in [0.25, 0.3) is 0 Å². The number of nitrogens with zero attached hydrogens (tertiary/aromatic N) is 3. The van der Waals surface area contributed by atoms with E-state index in [1.54, 1.807) is 11.3 Å². The Morgan fingerprint density at radius 1 is 1.39 bits per heavy atom. The summed E-state index contributed by atoms with van der Waals surface area (Å²) in [5.41, 5.74) is 0.938. The van der Waals surface area contributed by atoms with Crippen LogP contribution in [0.4, 0.5) is 0 Å². The third kappa shape index (κ3) is 3.80. The normalized spacial score (nSPS) is 21.3. The molecule has 2 aromatic heterocycles. The van der Waals surface area contributed by atoms with Crippen molar-refractivity contribution < 1.29 is 9.21 Å². The second-order valence-electron chi connectivity index (χ2n) is 6.35. The highest BCUT2D eigenvalue weighted by molar-refractivity contribution is 7.08. The molecule has 124 valence electrons. The van der Waals surface area contributed by atoms with Gasteiger partial charge in [0.05, 0.1) is 0 Å². The SMILES string of the molecule is C[C@@H]1CCCC[C@H]1N(C)C(=O)CCc1nnc(-c2ccsc2)o1. The summed E-state index contributed by atoms with van der Waals surface area (Å²) in [4.78, 5) is 14.4. The van der Waals surface area contributed by atoms with Crippen LogP contribution in [-0.2, 0) is 11.2 Å². The van der Waals surface area contributed by atoms with Gasteiger partial charge < -0.3 is 9.32 Å². The zero-order chi connectivity index (χ0) is 16.2. The first-order valence-corrected chi connectivity index (χ1v) is 9.20. The van der Waals surface area contributed by atoms with Crippen molar-refractivity contribution in [2.45, 2.75) is 51.5 Å². The Kier molecular flexibility index (Phi) is 5.10. The molecule has 0 radical (unpaired) electrons. The Hall–Kier alpha value is -1.69. The quantitative estimate of drug-likeness (QED) is 0.836. The number of aromatic nitrogens is 2. The maximum atomic E-state index is 12.4. The number of carbonyl (C=O) groups is 1. The van der Waals surface area contributed by atoms with E-state index >= 15 is 0 Å². The Labute approximate surface area is 140 Å². The van der Waals surface area contributed by atoms with E-state index < -0.39 is 0 Å². The Morgan fingerprint density at radius 2 is 2.22 bits per heavy atom. The molecular weight excluding hydrogens is 310 g/mol. The molecule has 0 N–H and O–H groups in total. The zero-order valence-electron chi connectivity index (χ0n) is 13.7.